The van der Waals surface area contributed by atoms with E-state index in [-0.39, 0.29) is 46.7 Å². The third-order valence-electron chi connectivity index (χ3n) is 5.57. The Morgan fingerprint density at radius 1 is 1.35 bits per heavy atom. The second-order valence-electron chi connectivity index (χ2n) is 7.75. The number of hydrogen-bond donors (Lipinski definition) is 2. The van der Waals surface area contributed by atoms with E-state index in [0.29, 0.717) is 0 Å². The fraction of sp³-hybridized carbons (Fsp3) is 0.474. The molecule has 0 unspecified atom stereocenters. The number of hydrogen-bond acceptors (Lipinski definition) is 7. The van der Waals surface area contributed by atoms with Crippen molar-refractivity contribution >= 4 is 15.7 Å². The summed E-state index contributed by atoms with van der Waals surface area (Å²) in [5, 5.41) is 9.79. The van der Waals surface area contributed by atoms with Crippen LogP contribution in [0.1, 0.15) is 24.6 Å². The molecule has 31 heavy (non-hydrogen) atoms. The summed E-state index contributed by atoms with van der Waals surface area (Å²) in [7, 11) is -3.48. The van der Waals surface area contributed by atoms with Crippen molar-refractivity contribution in [2.75, 3.05) is 17.7 Å². The van der Waals surface area contributed by atoms with Gasteiger partial charge in [-0.3, -0.25) is 0 Å². The van der Waals surface area contributed by atoms with E-state index in [1.807, 2.05) is 0 Å². The van der Waals surface area contributed by atoms with Crippen molar-refractivity contribution in [3.05, 3.63) is 29.5 Å². The third kappa shape index (κ3) is 3.82. The van der Waals surface area contributed by atoms with Crippen molar-refractivity contribution in [2.45, 2.75) is 49.3 Å². The van der Waals surface area contributed by atoms with Crippen LogP contribution in [0, 0.1) is 4.78 Å². The third-order valence-corrected chi connectivity index (χ3v) is 6.73. The first-order valence-electron chi connectivity index (χ1n) is 9.45. The van der Waals surface area contributed by atoms with Gasteiger partial charge in [-0.15, -0.1) is 0 Å². The van der Waals surface area contributed by atoms with Gasteiger partial charge >= 0.3 is 6.61 Å². The van der Waals surface area contributed by atoms with Crippen LogP contribution in [0.15, 0.2) is 23.1 Å². The Kier molecular flexibility index (Phi) is 5.12. The zero-order valence-corrected chi connectivity index (χ0v) is 17.4. The lowest BCUT2D eigenvalue weighted by molar-refractivity contribution is -0.0517. The van der Waals surface area contributed by atoms with E-state index in [1.54, 1.807) is 11.8 Å². The number of rotatable bonds is 5. The smallest absolute Gasteiger partial charge is 0.387 e. The first-order valence-corrected chi connectivity index (χ1v) is 11.4. The molecule has 3 atom stereocenters. The lowest BCUT2D eigenvalue weighted by atomic mass is 10.0. The molecule has 0 bridgehead atoms. The van der Waals surface area contributed by atoms with Crippen LogP contribution in [-0.4, -0.2) is 50.8 Å². The van der Waals surface area contributed by atoms with E-state index >= 15 is 0 Å². The Morgan fingerprint density at radius 3 is 2.65 bits per heavy atom. The van der Waals surface area contributed by atoms with Crippen molar-refractivity contribution in [1.82, 2.24) is 9.97 Å². The van der Waals surface area contributed by atoms with Gasteiger partial charge in [0.1, 0.15) is 11.4 Å². The molecule has 2 N–H and O–H groups in total. The minimum atomic E-state index is -3.48. The number of nitrogens with zero attached hydrogens (tertiary/aromatic N) is 3. The minimum absolute atomic E-state index is 0.00309. The number of alkyl halides is 4. The predicted molar refractivity (Wildman–Crippen MR) is 104 cm³/mol. The highest BCUT2D eigenvalue weighted by Crippen LogP contribution is 2.45. The molecule has 0 spiro atoms. The van der Waals surface area contributed by atoms with Crippen LogP contribution in [0.4, 0.5) is 23.5 Å². The predicted octanol–water partition coefficient (Wildman–Crippen LogP) is 3.39. The Labute approximate surface area is 176 Å². The van der Waals surface area contributed by atoms with Gasteiger partial charge in [0.2, 0.25) is 5.95 Å². The number of ether oxygens (including phenoxy) is 1. The molecule has 0 saturated carbocycles. The average Bonchev–Trinajstić information content (AvgIpc) is 2.99. The Morgan fingerprint density at radius 2 is 2.06 bits per heavy atom. The van der Waals surface area contributed by atoms with Gasteiger partial charge in [0.15, 0.2) is 0 Å². The SMILES string of the molecule is C[C@H]1[C@H](O)CN1c1nc(-c2ccc(OC(F)F)c([S@](C)(=N)=O)c2)c2c(n1)C(F)(F)CC2. The number of nitrogens with one attached hydrogen (secondary N) is 1. The molecule has 1 aliphatic carbocycles. The molecule has 0 radical (unpaired) electrons. The Balaban J connectivity index is 1.89. The molecule has 2 aliphatic rings. The zero-order chi connectivity index (χ0) is 22.7. The summed E-state index contributed by atoms with van der Waals surface area (Å²) in [4.78, 5) is 9.80. The molecule has 1 fully saturated rings. The number of halogens is 4. The maximum Gasteiger partial charge on any atom is 0.387 e. The second-order valence-corrected chi connectivity index (χ2v) is 9.87. The molecule has 4 rings (SSSR count). The van der Waals surface area contributed by atoms with E-state index in [2.05, 4.69) is 14.7 Å². The highest BCUT2D eigenvalue weighted by molar-refractivity contribution is 7.91. The van der Waals surface area contributed by atoms with E-state index in [9.17, 15) is 26.9 Å². The first kappa shape index (κ1) is 21.8. The van der Waals surface area contributed by atoms with Crippen LogP contribution in [0.2, 0.25) is 0 Å². The zero-order valence-electron chi connectivity index (χ0n) is 16.6. The summed E-state index contributed by atoms with van der Waals surface area (Å²) < 4.78 is 79.1. The van der Waals surface area contributed by atoms with Crippen LogP contribution in [-0.2, 0) is 22.1 Å². The lowest BCUT2D eigenvalue weighted by Crippen LogP contribution is -2.59. The van der Waals surface area contributed by atoms with Gasteiger partial charge in [0.25, 0.3) is 5.92 Å². The highest BCUT2D eigenvalue weighted by atomic mass is 32.2. The van der Waals surface area contributed by atoms with Crippen molar-refractivity contribution in [1.29, 1.82) is 4.78 Å². The first-order chi connectivity index (χ1) is 14.4. The van der Waals surface area contributed by atoms with Crippen molar-refractivity contribution < 1.29 is 31.6 Å². The van der Waals surface area contributed by atoms with E-state index in [1.165, 1.54) is 12.1 Å². The van der Waals surface area contributed by atoms with Crippen molar-refractivity contribution in [3.63, 3.8) is 0 Å². The topological polar surface area (TPSA) is 99.4 Å². The number of benzene rings is 1. The lowest BCUT2D eigenvalue weighted by Gasteiger charge is -2.43. The molecule has 12 heteroatoms. The van der Waals surface area contributed by atoms with E-state index in [4.69, 9.17) is 4.78 Å². The Bertz CT molecular complexity index is 1140. The normalized spacial score (nSPS) is 23.9. The molecular weight excluding hydrogens is 440 g/mol. The van der Waals surface area contributed by atoms with Gasteiger partial charge in [-0.1, -0.05) is 0 Å². The summed E-state index contributed by atoms with van der Waals surface area (Å²) in [5.41, 5.74) is 0.186. The van der Waals surface area contributed by atoms with E-state index in [0.717, 1.165) is 12.3 Å². The molecule has 1 aromatic heterocycles. The molecule has 0 amide bonds. The number of aliphatic hydroxyl groups is 1. The van der Waals surface area contributed by atoms with Crippen LogP contribution in [0.3, 0.4) is 0 Å². The maximum absolute atomic E-state index is 14.5. The van der Waals surface area contributed by atoms with Gasteiger partial charge in [0.05, 0.1) is 32.5 Å². The summed E-state index contributed by atoms with van der Waals surface area (Å²) in [6, 6.07) is 3.33. The second kappa shape index (κ2) is 7.30. The highest BCUT2D eigenvalue weighted by Gasteiger charge is 2.45. The number of β-amino-alcohol motifs (C(OH)–C–C–N with tert-alkyl or cyclic N) is 1. The van der Waals surface area contributed by atoms with Crippen molar-refractivity contribution in [2.24, 2.45) is 0 Å². The molecule has 1 aromatic carbocycles. The molecule has 2 aromatic rings. The summed E-state index contributed by atoms with van der Waals surface area (Å²) in [6.45, 7) is -1.28. The summed E-state index contributed by atoms with van der Waals surface area (Å²) in [6.07, 6.45) is -0.0272. The average molecular weight is 460 g/mol. The standard InChI is InChI=1S/C19H20F4N4O3S/c1-9-12(28)8-27(9)18-25-15(11-5-6-19(22,23)16(11)26-18)10-3-4-13(30-17(20)21)14(7-10)31(2,24)29/h3-4,7,9,12,17,24,28H,5-6,8H2,1-2H3/t9-,12+,31+/m0/s1. The Hall–Kier alpha value is -2.47. The summed E-state index contributed by atoms with van der Waals surface area (Å²) in [5.74, 6) is -3.56. The summed E-state index contributed by atoms with van der Waals surface area (Å²) >= 11 is 0. The van der Waals surface area contributed by atoms with Gasteiger partial charge < -0.3 is 14.7 Å². The van der Waals surface area contributed by atoms with Gasteiger partial charge in [0, 0.05) is 30.3 Å². The quantitative estimate of drug-likeness (QED) is 0.664. The van der Waals surface area contributed by atoms with Crippen LogP contribution >= 0.6 is 0 Å². The fourth-order valence-corrected chi connectivity index (χ4v) is 4.64. The van der Waals surface area contributed by atoms with Gasteiger partial charge in [-0.05, 0) is 31.5 Å². The van der Waals surface area contributed by atoms with Gasteiger partial charge in [-0.25, -0.2) is 19.0 Å². The van der Waals surface area contributed by atoms with Crippen LogP contribution < -0.4 is 9.64 Å². The fourth-order valence-electron chi connectivity index (χ4n) is 3.79. The number of aromatic nitrogens is 2. The van der Waals surface area contributed by atoms with Crippen molar-refractivity contribution in [3.8, 4) is 17.0 Å². The largest absolute Gasteiger partial charge is 0.434 e. The van der Waals surface area contributed by atoms with Crippen LogP contribution in [0.5, 0.6) is 5.75 Å². The van der Waals surface area contributed by atoms with E-state index < -0.39 is 46.2 Å². The number of anilines is 1. The monoisotopic (exact) mass is 460 g/mol. The molecular formula is C19H20F4N4O3S. The molecule has 168 valence electrons. The molecule has 7 nitrogen and oxygen atoms in total. The van der Waals surface area contributed by atoms with Crippen LogP contribution in [0.25, 0.3) is 11.3 Å². The number of fused-ring (bicyclic) bond motifs is 1. The maximum atomic E-state index is 14.5. The minimum Gasteiger partial charge on any atom is -0.434 e. The molecule has 1 aliphatic heterocycles. The molecule has 2 heterocycles. The number of aliphatic hydroxyl groups excluding tert-OH is 1. The molecule has 1 saturated heterocycles. The van der Waals surface area contributed by atoms with Gasteiger partial charge in [-0.2, -0.15) is 17.6 Å².